The van der Waals surface area contributed by atoms with Crippen LogP contribution in [0.2, 0.25) is 0 Å². The predicted molar refractivity (Wildman–Crippen MR) is 95.3 cm³/mol. The van der Waals surface area contributed by atoms with E-state index >= 15 is 0 Å². The van der Waals surface area contributed by atoms with E-state index in [1.54, 1.807) is 54.7 Å². The normalized spacial score (nSPS) is 11.5. The third-order valence-electron chi connectivity index (χ3n) is 4.01. The minimum absolute atomic E-state index is 0.113. The quantitative estimate of drug-likeness (QED) is 0.661. The minimum atomic E-state index is -3.41. The highest BCUT2D eigenvalue weighted by Crippen LogP contribution is 2.20. The Morgan fingerprint density at radius 1 is 1.00 bits per heavy atom. The van der Waals surface area contributed by atoms with Gasteiger partial charge in [-0.05, 0) is 48.9 Å². The number of sulfone groups is 1. The van der Waals surface area contributed by atoms with Crippen molar-refractivity contribution in [1.29, 1.82) is 0 Å². The monoisotopic (exact) mass is 373 g/mol. The first-order chi connectivity index (χ1) is 12.3. The van der Waals surface area contributed by atoms with Crippen LogP contribution in [0.5, 0.6) is 0 Å². The Hall–Kier alpha value is -2.80. The molecule has 0 saturated heterocycles. The fourth-order valence-corrected chi connectivity index (χ4v) is 3.26. The average molecular weight is 373 g/mol. The van der Waals surface area contributed by atoms with Gasteiger partial charge in [-0.25, -0.2) is 8.42 Å². The lowest BCUT2D eigenvalue weighted by Crippen LogP contribution is -2.30. The van der Waals surface area contributed by atoms with Gasteiger partial charge in [0.05, 0.1) is 30.5 Å². The van der Waals surface area contributed by atoms with Crippen molar-refractivity contribution in [3.8, 4) is 0 Å². The van der Waals surface area contributed by atoms with Crippen LogP contribution >= 0.6 is 0 Å². The molecule has 0 aliphatic rings. The van der Waals surface area contributed by atoms with Gasteiger partial charge < -0.3 is 13.7 Å². The van der Waals surface area contributed by atoms with Crippen LogP contribution in [-0.2, 0) is 22.9 Å². The lowest BCUT2D eigenvalue weighted by atomic mass is 10.1. The van der Waals surface area contributed by atoms with Gasteiger partial charge in [0.1, 0.15) is 11.5 Å². The molecule has 0 N–H and O–H groups in total. The molecule has 0 radical (unpaired) electrons. The van der Waals surface area contributed by atoms with Gasteiger partial charge in [-0.15, -0.1) is 0 Å². The summed E-state index contributed by atoms with van der Waals surface area (Å²) in [6.07, 6.45) is 4.20. The van der Waals surface area contributed by atoms with E-state index in [-0.39, 0.29) is 23.9 Å². The van der Waals surface area contributed by atoms with Crippen molar-refractivity contribution < 1.29 is 22.0 Å². The van der Waals surface area contributed by atoms with Crippen LogP contribution in [0.15, 0.2) is 68.7 Å². The summed E-state index contributed by atoms with van der Waals surface area (Å²) in [7, 11) is -3.41. The fraction of sp³-hybridized carbons (Fsp3) is 0.211. The van der Waals surface area contributed by atoms with E-state index in [1.807, 2.05) is 0 Å². The second-order valence-corrected chi connectivity index (χ2v) is 8.08. The van der Waals surface area contributed by atoms with Crippen molar-refractivity contribution in [2.45, 2.75) is 24.9 Å². The lowest BCUT2D eigenvalue weighted by Gasteiger charge is -2.22. The molecule has 0 aliphatic heterocycles. The summed E-state index contributed by atoms with van der Waals surface area (Å²) in [5.74, 6) is 0.962. The molecule has 0 bridgehead atoms. The Morgan fingerprint density at radius 2 is 1.58 bits per heavy atom. The SMILES string of the molecule is Cc1ccc(S(C)(=O)=O)cc1C(=O)N(Cc1ccco1)Cc1ccco1. The molecule has 0 spiro atoms. The number of aryl methyl sites for hydroxylation is 1. The summed E-state index contributed by atoms with van der Waals surface area (Å²) in [6, 6.07) is 11.6. The van der Waals surface area contributed by atoms with Crippen LogP contribution < -0.4 is 0 Å². The van der Waals surface area contributed by atoms with Crippen LogP contribution in [-0.4, -0.2) is 25.5 Å². The Bertz CT molecular complexity index is 952. The van der Waals surface area contributed by atoms with E-state index in [4.69, 9.17) is 8.83 Å². The Labute approximate surface area is 152 Å². The van der Waals surface area contributed by atoms with Gasteiger partial charge in [-0.3, -0.25) is 4.79 Å². The maximum Gasteiger partial charge on any atom is 0.254 e. The Morgan fingerprint density at radius 3 is 2.04 bits per heavy atom. The highest BCUT2D eigenvalue weighted by Gasteiger charge is 2.22. The first kappa shape index (κ1) is 18.0. The van der Waals surface area contributed by atoms with E-state index in [0.717, 1.165) is 6.26 Å². The van der Waals surface area contributed by atoms with E-state index in [9.17, 15) is 13.2 Å². The molecule has 0 unspecified atom stereocenters. The van der Waals surface area contributed by atoms with Crippen molar-refractivity contribution in [2.75, 3.05) is 6.26 Å². The zero-order valence-electron chi connectivity index (χ0n) is 14.5. The second kappa shape index (κ2) is 7.21. The van der Waals surface area contributed by atoms with E-state index < -0.39 is 9.84 Å². The van der Waals surface area contributed by atoms with Crippen molar-refractivity contribution in [3.05, 3.63) is 77.6 Å². The molecule has 136 valence electrons. The molecular formula is C19H19NO5S. The maximum atomic E-state index is 13.1. The van der Waals surface area contributed by atoms with E-state index in [1.165, 1.54) is 12.1 Å². The maximum absolute atomic E-state index is 13.1. The molecule has 3 rings (SSSR count). The highest BCUT2D eigenvalue weighted by molar-refractivity contribution is 7.90. The van der Waals surface area contributed by atoms with E-state index in [2.05, 4.69) is 0 Å². The molecule has 1 aromatic carbocycles. The number of benzene rings is 1. The molecule has 2 heterocycles. The largest absolute Gasteiger partial charge is 0.467 e. The van der Waals surface area contributed by atoms with Gasteiger partial charge >= 0.3 is 0 Å². The summed E-state index contributed by atoms with van der Waals surface area (Å²) < 4.78 is 34.4. The molecule has 0 saturated carbocycles. The summed E-state index contributed by atoms with van der Waals surface area (Å²) >= 11 is 0. The number of amides is 1. The first-order valence-electron chi connectivity index (χ1n) is 7.99. The third-order valence-corrected chi connectivity index (χ3v) is 5.12. The molecule has 2 aromatic heterocycles. The third kappa shape index (κ3) is 4.05. The second-order valence-electron chi connectivity index (χ2n) is 6.07. The summed E-state index contributed by atoms with van der Waals surface area (Å²) in [4.78, 5) is 14.8. The standard InChI is InChI=1S/C19H19NO5S/c1-14-7-8-17(26(2,22)23)11-18(14)19(21)20(12-15-5-3-9-24-15)13-16-6-4-10-25-16/h3-11H,12-13H2,1-2H3. The molecule has 0 aliphatic carbocycles. The topological polar surface area (TPSA) is 80.7 Å². The average Bonchev–Trinajstić information content (AvgIpc) is 3.27. The smallest absolute Gasteiger partial charge is 0.254 e. The molecule has 6 nitrogen and oxygen atoms in total. The van der Waals surface area contributed by atoms with Crippen molar-refractivity contribution >= 4 is 15.7 Å². The number of carbonyl (C=O) groups excluding carboxylic acids is 1. The molecule has 0 atom stereocenters. The molecule has 1 amide bonds. The highest BCUT2D eigenvalue weighted by atomic mass is 32.2. The van der Waals surface area contributed by atoms with Crippen molar-refractivity contribution in [3.63, 3.8) is 0 Å². The van der Waals surface area contributed by atoms with Gasteiger partial charge in [0, 0.05) is 11.8 Å². The van der Waals surface area contributed by atoms with Crippen LogP contribution in [0.4, 0.5) is 0 Å². The number of hydrogen-bond acceptors (Lipinski definition) is 5. The van der Waals surface area contributed by atoms with Crippen molar-refractivity contribution in [1.82, 2.24) is 4.90 Å². The summed E-state index contributed by atoms with van der Waals surface area (Å²) in [5, 5.41) is 0. The number of rotatable bonds is 6. The number of furan rings is 2. The molecule has 26 heavy (non-hydrogen) atoms. The van der Waals surface area contributed by atoms with Crippen molar-refractivity contribution in [2.24, 2.45) is 0 Å². The summed E-state index contributed by atoms with van der Waals surface area (Å²) in [6.45, 7) is 2.27. The van der Waals surface area contributed by atoms with Gasteiger partial charge in [-0.1, -0.05) is 6.07 Å². The minimum Gasteiger partial charge on any atom is -0.467 e. The zero-order valence-corrected chi connectivity index (χ0v) is 15.3. The van der Waals surface area contributed by atoms with Gasteiger partial charge in [0.15, 0.2) is 9.84 Å². The van der Waals surface area contributed by atoms with Crippen LogP contribution in [0.3, 0.4) is 0 Å². The molecule has 7 heteroatoms. The van der Waals surface area contributed by atoms with Gasteiger partial charge in [0.2, 0.25) is 0 Å². The number of carbonyl (C=O) groups is 1. The van der Waals surface area contributed by atoms with Gasteiger partial charge in [0.25, 0.3) is 5.91 Å². The molecule has 0 fully saturated rings. The fourth-order valence-electron chi connectivity index (χ4n) is 2.61. The van der Waals surface area contributed by atoms with Gasteiger partial charge in [-0.2, -0.15) is 0 Å². The first-order valence-corrected chi connectivity index (χ1v) is 9.88. The Kier molecular flexibility index (Phi) is 4.99. The Balaban J connectivity index is 1.96. The number of hydrogen-bond donors (Lipinski definition) is 0. The summed E-state index contributed by atoms with van der Waals surface area (Å²) in [5.41, 5.74) is 1.04. The van der Waals surface area contributed by atoms with E-state index in [0.29, 0.717) is 22.6 Å². The van der Waals surface area contributed by atoms with Crippen LogP contribution in [0, 0.1) is 6.92 Å². The predicted octanol–water partition coefficient (Wildman–Crippen LogP) is 3.43. The zero-order chi connectivity index (χ0) is 18.7. The van der Waals surface area contributed by atoms with Crippen LogP contribution in [0.25, 0.3) is 0 Å². The molecular weight excluding hydrogens is 354 g/mol. The number of nitrogens with zero attached hydrogens (tertiary/aromatic N) is 1. The van der Waals surface area contributed by atoms with Crippen LogP contribution in [0.1, 0.15) is 27.4 Å². The lowest BCUT2D eigenvalue weighted by molar-refractivity contribution is 0.0704. The molecule has 3 aromatic rings.